The van der Waals surface area contributed by atoms with Crippen LogP contribution in [-0.2, 0) is 14.6 Å². The molecular formula is C21H24N2O6S. The summed E-state index contributed by atoms with van der Waals surface area (Å²) in [5.74, 6) is 9.72. The number of hydrogen-bond acceptors (Lipinski definition) is 6. The lowest BCUT2D eigenvalue weighted by atomic mass is 9.83. The SMILES string of the molecule is CC(C)(C(NC(=O)c1ccc(C#CC#CC2CC(O)C2)cc1)C(=O)NO)S(C)(=O)=O. The summed E-state index contributed by atoms with van der Waals surface area (Å²) in [6.45, 7) is 2.57. The maximum atomic E-state index is 12.5. The average molecular weight is 432 g/mol. The van der Waals surface area contributed by atoms with Crippen molar-refractivity contribution in [2.45, 2.75) is 43.6 Å². The molecule has 1 aromatic rings. The normalized spacial score (nSPS) is 19.1. The minimum absolute atomic E-state index is 0.181. The molecule has 1 aliphatic carbocycles. The minimum atomic E-state index is -3.74. The summed E-state index contributed by atoms with van der Waals surface area (Å²) >= 11 is 0. The molecule has 1 aliphatic rings. The molecule has 0 aromatic heterocycles. The van der Waals surface area contributed by atoms with Crippen LogP contribution in [0.2, 0.25) is 0 Å². The zero-order valence-corrected chi connectivity index (χ0v) is 17.7. The second-order valence-corrected chi connectivity index (χ2v) is 10.3. The summed E-state index contributed by atoms with van der Waals surface area (Å²) in [4.78, 5) is 24.5. The number of aliphatic hydroxyl groups is 1. The van der Waals surface area contributed by atoms with Crippen molar-refractivity contribution in [3.05, 3.63) is 35.4 Å². The van der Waals surface area contributed by atoms with Gasteiger partial charge in [-0.2, -0.15) is 0 Å². The Morgan fingerprint density at radius 1 is 1.17 bits per heavy atom. The van der Waals surface area contributed by atoms with Gasteiger partial charge in [-0.1, -0.05) is 11.8 Å². The zero-order valence-electron chi connectivity index (χ0n) is 16.9. The first-order chi connectivity index (χ1) is 14.0. The first-order valence-electron chi connectivity index (χ1n) is 9.19. The van der Waals surface area contributed by atoms with Crippen molar-refractivity contribution in [1.82, 2.24) is 10.8 Å². The number of benzene rings is 1. The third kappa shape index (κ3) is 5.61. The van der Waals surface area contributed by atoms with Crippen molar-refractivity contribution in [2.75, 3.05) is 6.26 Å². The summed E-state index contributed by atoms with van der Waals surface area (Å²) in [5.41, 5.74) is 2.20. The van der Waals surface area contributed by atoms with Crippen LogP contribution in [0, 0.1) is 29.6 Å². The van der Waals surface area contributed by atoms with E-state index in [2.05, 4.69) is 29.0 Å². The van der Waals surface area contributed by atoms with E-state index in [4.69, 9.17) is 5.21 Å². The van der Waals surface area contributed by atoms with Crippen LogP contribution < -0.4 is 10.8 Å². The molecule has 8 nitrogen and oxygen atoms in total. The molecule has 0 heterocycles. The highest BCUT2D eigenvalue weighted by Gasteiger charge is 2.44. The molecule has 1 aromatic carbocycles. The molecule has 30 heavy (non-hydrogen) atoms. The van der Waals surface area contributed by atoms with Gasteiger partial charge in [-0.25, -0.2) is 13.9 Å². The molecule has 2 amide bonds. The van der Waals surface area contributed by atoms with E-state index in [0.29, 0.717) is 18.4 Å². The fraction of sp³-hybridized carbons (Fsp3) is 0.429. The Bertz CT molecular complexity index is 1030. The third-order valence-corrected chi connectivity index (χ3v) is 7.25. The largest absolute Gasteiger partial charge is 0.393 e. The second kappa shape index (κ2) is 9.31. The molecule has 0 radical (unpaired) electrons. The second-order valence-electron chi connectivity index (χ2n) is 7.68. The maximum Gasteiger partial charge on any atom is 0.267 e. The Balaban J connectivity index is 2.10. The molecule has 0 spiro atoms. The van der Waals surface area contributed by atoms with Crippen molar-refractivity contribution in [1.29, 1.82) is 0 Å². The Morgan fingerprint density at radius 3 is 2.27 bits per heavy atom. The quantitative estimate of drug-likeness (QED) is 0.299. The number of amides is 2. The molecule has 9 heteroatoms. The molecule has 0 saturated heterocycles. The lowest BCUT2D eigenvalue weighted by molar-refractivity contribution is -0.131. The topological polar surface area (TPSA) is 133 Å². The first-order valence-corrected chi connectivity index (χ1v) is 11.1. The molecule has 1 atom stereocenters. The van der Waals surface area contributed by atoms with E-state index in [-0.39, 0.29) is 17.6 Å². The Hall–Kier alpha value is -2.85. The lowest BCUT2D eigenvalue weighted by Crippen LogP contribution is -2.60. The maximum absolute atomic E-state index is 12.5. The number of hydrogen-bond donors (Lipinski definition) is 4. The van der Waals surface area contributed by atoms with Gasteiger partial charge in [0.1, 0.15) is 6.04 Å². The van der Waals surface area contributed by atoms with Gasteiger partial charge in [0.25, 0.3) is 11.8 Å². The number of hydroxylamine groups is 1. The summed E-state index contributed by atoms with van der Waals surface area (Å²) < 4.78 is 22.4. The number of nitrogens with one attached hydrogen (secondary N) is 2. The number of aliphatic hydroxyl groups excluding tert-OH is 1. The number of carbonyl (C=O) groups excluding carboxylic acids is 2. The fourth-order valence-corrected chi connectivity index (χ4v) is 3.29. The summed E-state index contributed by atoms with van der Waals surface area (Å²) in [5, 5.41) is 20.5. The highest BCUT2D eigenvalue weighted by Crippen LogP contribution is 2.25. The Kier molecular flexibility index (Phi) is 7.27. The van der Waals surface area contributed by atoms with Crippen LogP contribution in [0.1, 0.15) is 42.6 Å². The minimum Gasteiger partial charge on any atom is -0.393 e. The smallest absolute Gasteiger partial charge is 0.267 e. The van der Waals surface area contributed by atoms with Crippen molar-refractivity contribution in [3.63, 3.8) is 0 Å². The van der Waals surface area contributed by atoms with E-state index < -0.39 is 32.4 Å². The van der Waals surface area contributed by atoms with Crippen LogP contribution in [0.5, 0.6) is 0 Å². The molecule has 1 unspecified atom stereocenters. The van der Waals surface area contributed by atoms with Gasteiger partial charge < -0.3 is 10.4 Å². The molecule has 2 rings (SSSR count). The van der Waals surface area contributed by atoms with Gasteiger partial charge in [0.15, 0.2) is 9.84 Å². The Labute approximate surface area is 175 Å². The van der Waals surface area contributed by atoms with Gasteiger partial charge in [-0.3, -0.25) is 14.8 Å². The van der Waals surface area contributed by atoms with E-state index in [1.807, 2.05) is 0 Å². The van der Waals surface area contributed by atoms with E-state index in [1.165, 1.54) is 31.5 Å². The molecule has 160 valence electrons. The monoisotopic (exact) mass is 432 g/mol. The van der Waals surface area contributed by atoms with Crippen molar-refractivity contribution >= 4 is 21.7 Å². The molecule has 4 N–H and O–H groups in total. The fourth-order valence-electron chi connectivity index (χ4n) is 2.70. The van der Waals surface area contributed by atoms with Crippen molar-refractivity contribution in [3.8, 4) is 23.7 Å². The summed E-state index contributed by atoms with van der Waals surface area (Å²) in [6, 6.07) is 4.65. The van der Waals surface area contributed by atoms with E-state index in [1.54, 1.807) is 12.1 Å². The van der Waals surface area contributed by atoms with E-state index in [9.17, 15) is 23.1 Å². The zero-order chi connectivity index (χ0) is 22.5. The van der Waals surface area contributed by atoms with Gasteiger partial charge in [0.05, 0.1) is 10.9 Å². The van der Waals surface area contributed by atoms with Crippen LogP contribution in [-0.4, -0.2) is 53.7 Å². The molecule has 1 saturated carbocycles. The van der Waals surface area contributed by atoms with Gasteiger partial charge >= 0.3 is 0 Å². The van der Waals surface area contributed by atoms with Crippen molar-refractivity contribution in [2.24, 2.45) is 5.92 Å². The Morgan fingerprint density at radius 2 is 1.77 bits per heavy atom. The third-order valence-electron chi connectivity index (χ3n) is 5.10. The van der Waals surface area contributed by atoms with Gasteiger partial charge in [-0.15, -0.1) is 0 Å². The molecule has 0 aliphatic heterocycles. The van der Waals surface area contributed by atoms with Crippen LogP contribution in [0.25, 0.3) is 0 Å². The summed E-state index contributed by atoms with van der Waals surface area (Å²) in [7, 11) is -3.74. The van der Waals surface area contributed by atoms with Crippen LogP contribution in [0.4, 0.5) is 0 Å². The van der Waals surface area contributed by atoms with Crippen molar-refractivity contribution < 1.29 is 28.3 Å². The van der Waals surface area contributed by atoms with Crippen LogP contribution in [0.3, 0.4) is 0 Å². The number of rotatable bonds is 5. The summed E-state index contributed by atoms with van der Waals surface area (Å²) in [6.07, 6.45) is 2.02. The number of sulfone groups is 1. The van der Waals surface area contributed by atoms with Gasteiger partial charge in [0, 0.05) is 23.3 Å². The molecule has 1 fully saturated rings. The standard InChI is InChI=1S/C21H24N2O6S/c1-21(2,30(3,28)29)18(20(26)23-27)22-19(25)16-10-8-14(9-11-16)6-4-5-7-15-12-17(24)13-15/h8-11,15,17-18,24,27H,12-13H2,1-3H3,(H,22,25)(H,23,26). The molecule has 0 bridgehead atoms. The highest BCUT2D eigenvalue weighted by atomic mass is 32.2. The van der Waals surface area contributed by atoms with Crippen LogP contribution in [0.15, 0.2) is 24.3 Å². The van der Waals surface area contributed by atoms with Gasteiger partial charge in [-0.05, 0) is 62.8 Å². The highest BCUT2D eigenvalue weighted by molar-refractivity contribution is 7.92. The van der Waals surface area contributed by atoms with Crippen LogP contribution >= 0.6 is 0 Å². The predicted molar refractivity (Wildman–Crippen MR) is 110 cm³/mol. The average Bonchev–Trinajstić information content (AvgIpc) is 2.66. The lowest BCUT2D eigenvalue weighted by Gasteiger charge is -2.31. The van der Waals surface area contributed by atoms with E-state index >= 15 is 0 Å². The first kappa shape index (κ1) is 23.4. The number of carbonyl (C=O) groups is 2. The van der Waals surface area contributed by atoms with E-state index in [0.717, 1.165) is 6.26 Å². The molecular weight excluding hydrogens is 408 g/mol. The van der Waals surface area contributed by atoms with Gasteiger partial charge in [0.2, 0.25) is 0 Å². The predicted octanol–water partition coefficient (Wildman–Crippen LogP) is 0.239.